The third kappa shape index (κ3) is 3.43. The molecular formula is C18H16Cl3N3O. The lowest BCUT2D eigenvalue weighted by atomic mass is 10.1. The van der Waals surface area contributed by atoms with Crippen molar-refractivity contribution < 1.29 is 4.74 Å². The average molecular weight is 397 g/mol. The number of rotatable bonds is 4. The van der Waals surface area contributed by atoms with Crippen molar-refractivity contribution in [3.63, 3.8) is 0 Å². The van der Waals surface area contributed by atoms with Crippen LogP contribution in [0.4, 0.5) is 5.69 Å². The average Bonchev–Trinajstić information content (AvgIpc) is 2.81. The van der Waals surface area contributed by atoms with Crippen LogP contribution < -0.4 is 10.2 Å². The topological polar surface area (TPSA) is 38.5 Å². The predicted octanol–water partition coefficient (Wildman–Crippen LogP) is 5.90. The number of benzene rings is 2. The third-order valence-electron chi connectivity index (χ3n) is 4.13. The van der Waals surface area contributed by atoms with Gasteiger partial charge in [0.15, 0.2) is 0 Å². The zero-order valence-corrected chi connectivity index (χ0v) is 16.2. The van der Waals surface area contributed by atoms with Gasteiger partial charge in [0.2, 0.25) is 0 Å². The lowest BCUT2D eigenvalue weighted by molar-refractivity contribution is 0.415. The van der Waals surface area contributed by atoms with Gasteiger partial charge in [-0.15, -0.1) is 0 Å². The molecule has 0 atom stereocenters. The summed E-state index contributed by atoms with van der Waals surface area (Å²) in [5.41, 5.74) is 6.58. The Kier molecular flexibility index (Phi) is 5.13. The number of nitrogens with one attached hydrogen (secondary N) is 1. The van der Waals surface area contributed by atoms with Crippen LogP contribution in [0.5, 0.6) is 5.75 Å². The molecule has 0 bridgehead atoms. The Bertz CT molecular complexity index is 956. The zero-order valence-electron chi connectivity index (χ0n) is 13.9. The standard InChI is InChI=1S/C18H16Cl3N3O/c1-10-14(13-8-12(25-3)4-5-17(13)24(10)2)9-22-23-18-15(20)6-11(19)7-16(18)21/h4-9,23H,1-3H3. The molecule has 0 amide bonds. The molecule has 0 aliphatic rings. The Balaban J connectivity index is 1.98. The zero-order chi connectivity index (χ0) is 18.1. The maximum absolute atomic E-state index is 6.16. The van der Waals surface area contributed by atoms with E-state index in [-0.39, 0.29) is 0 Å². The molecule has 4 nitrogen and oxygen atoms in total. The van der Waals surface area contributed by atoms with Crippen molar-refractivity contribution in [1.29, 1.82) is 0 Å². The van der Waals surface area contributed by atoms with E-state index < -0.39 is 0 Å². The number of ether oxygens (including phenoxy) is 1. The lowest BCUT2D eigenvalue weighted by Crippen LogP contribution is -1.95. The largest absolute Gasteiger partial charge is 0.497 e. The number of aromatic nitrogens is 1. The molecule has 2 aromatic carbocycles. The first-order valence-corrected chi connectivity index (χ1v) is 8.62. The lowest BCUT2D eigenvalue weighted by Gasteiger charge is -2.06. The highest BCUT2D eigenvalue weighted by molar-refractivity contribution is 6.41. The molecule has 25 heavy (non-hydrogen) atoms. The molecule has 0 fully saturated rings. The Labute approximate surface area is 160 Å². The van der Waals surface area contributed by atoms with Crippen LogP contribution in [0.25, 0.3) is 10.9 Å². The van der Waals surface area contributed by atoms with Gasteiger partial charge in [-0.2, -0.15) is 5.10 Å². The molecule has 0 aliphatic heterocycles. The van der Waals surface area contributed by atoms with Gasteiger partial charge >= 0.3 is 0 Å². The highest BCUT2D eigenvalue weighted by Gasteiger charge is 2.12. The van der Waals surface area contributed by atoms with Gasteiger partial charge in [-0.25, -0.2) is 0 Å². The minimum atomic E-state index is 0.408. The summed E-state index contributed by atoms with van der Waals surface area (Å²) in [6.45, 7) is 2.04. The number of anilines is 1. The summed E-state index contributed by atoms with van der Waals surface area (Å²) in [7, 11) is 3.67. The number of nitrogens with zero attached hydrogens (tertiary/aromatic N) is 2. The molecule has 3 rings (SSSR count). The molecule has 130 valence electrons. The van der Waals surface area contributed by atoms with E-state index in [4.69, 9.17) is 39.5 Å². The van der Waals surface area contributed by atoms with Crippen molar-refractivity contribution >= 4 is 57.6 Å². The molecule has 1 aromatic heterocycles. The van der Waals surface area contributed by atoms with Crippen LogP contribution in [0, 0.1) is 6.92 Å². The number of halogens is 3. The Morgan fingerprint density at radius 1 is 1.12 bits per heavy atom. The van der Waals surface area contributed by atoms with E-state index in [9.17, 15) is 0 Å². The van der Waals surface area contributed by atoms with Gasteiger partial charge in [0.1, 0.15) is 5.75 Å². The predicted molar refractivity (Wildman–Crippen MR) is 107 cm³/mol. The molecule has 1 heterocycles. The maximum Gasteiger partial charge on any atom is 0.119 e. The van der Waals surface area contributed by atoms with Crippen molar-refractivity contribution in [2.75, 3.05) is 12.5 Å². The molecule has 0 saturated carbocycles. The van der Waals surface area contributed by atoms with Crippen LogP contribution in [0.2, 0.25) is 15.1 Å². The van der Waals surface area contributed by atoms with Gasteiger partial charge in [-0.05, 0) is 37.3 Å². The third-order valence-corrected chi connectivity index (χ3v) is 4.94. The van der Waals surface area contributed by atoms with E-state index in [0.29, 0.717) is 20.8 Å². The number of hydrazone groups is 1. The SMILES string of the molecule is COc1ccc2c(c1)c(C=NNc1c(Cl)cc(Cl)cc1Cl)c(C)n2C. The van der Waals surface area contributed by atoms with Crippen LogP contribution in [0.15, 0.2) is 35.4 Å². The summed E-state index contributed by atoms with van der Waals surface area (Å²) < 4.78 is 7.44. The van der Waals surface area contributed by atoms with Crippen LogP contribution in [-0.4, -0.2) is 17.9 Å². The van der Waals surface area contributed by atoms with Crippen molar-refractivity contribution in [2.45, 2.75) is 6.92 Å². The van der Waals surface area contributed by atoms with Gasteiger partial charge < -0.3 is 9.30 Å². The first-order chi connectivity index (χ1) is 11.9. The fourth-order valence-corrected chi connectivity index (χ4v) is 3.58. The maximum atomic E-state index is 6.16. The molecule has 7 heteroatoms. The summed E-state index contributed by atoms with van der Waals surface area (Å²) >= 11 is 18.2. The van der Waals surface area contributed by atoms with Gasteiger partial charge in [0.05, 0.1) is 29.1 Å². The van der Waals surface area contributed by atoms with Crippen molar-refractivity contribution in [3.05, 3.63) is 56.7 Å². The summed E-state index contributed by atoms with van der Waals surface area (Å²) in [4.78, 5) is 0. The Morgan fingerprint density at radius 2 is 1.80 bits per heavy atom. The molecule has 0 radical (unpaired) electrons. The van der Waals surface area contributed by atoms with Crippen LogP contribution >= 0.6 is 34.8 Å². The highest BCUT2D eigenvalue weighted by Crippen LogP contribution is 2.34. The van der Waals surface area contributed by atoms with Crippen molar-refractivity contribution in [2.24, 2.45) is 12.1 Å². The van der Waals surface area contributed by atoms with Crippen molar-refractivity contribution in [1.82, 2.24) is 4.57 Å². The van der Waals surface area contributed by atoms with E-state index in [1.54, 1.807) is 25.5 Å². The molecular weight excluding hydrogens is 381 g/mol. The molecule has 0 unspecified atom stereocenters. The van der Waals surface area contributed by atoms with Crippen LogP contribution in [0.1, 0.15) is 11.3 Å². The summed E-state index contributed by atoms with van der Waals surface area (Å²) in [6.07, 6.45) is 1.75. The van der Waals surface area contributed by atoms with Crippen LogP contribution in [0.3, 0.4) is 0 Å². The quantitative estimate of drug-likeness (QED) is 0.440. The Morgan fingerprint density at radius 3 is 2.44 bits per heavy atom. The minimum absolute atomic E-state index is 0.408. The van der Waals surface area contributed by atoms with E-state index in [1.807, 2.05) is 32.2 Å². The normalized spacial score (nSPS) is 11.4. The molecule has 0 aliphatic carbocycles. The summed E-state index contributed by atoms with van der Waals surface area (Å²) in [5, 5.41) is 6.65. The minimum Gasteiger partial charge on any atom is -0.497 e. The number of hydrogen-bond donors (Lipinski definition) is 1. The van der Waals surface area contributed by atoms with E-state index in [1.165, 1.54) is 0 Å². The van der Waals surface area contributed by atoms with Crippen molar-refractivity contribution in [3.8, 4) is 5.75 Å². The number of fused-ring (bicyclic) bond motifs is 1. The van der Waals surface area contributed by atoms with E-state index in [0.717, 1.165) is 27.9 Å². The second kappa shape index (κ2) is 7.16. The number of hydrogen-bond acceptors (Lipinski definition) is 3. The van der Waals surface area contributed by atoms with Gasteiger partial charge in [0, 0.05) is 34.2 Å². The second-order valence-corrected chi connectivity index (χ2v) is 6.81. The Hall–Kier alpha value is -1.88. The van der Waals surface area contributed by atoms with Gasteiger partial charge in [-0.3, -0.25) is 5.43 Å². The van der Waals surface area contributed by atoms with E-state index in [2.05, 4.69) is 15.1 Å². The first-order valence-electron chi connectivity index (χ1n) is 7.49. The summed E-state index contributed by atoms with van der Waals surface area (Å²) in [6, 6.07) is 9.18. The smallest absolute Gasteiger partial charge is 0.119 e. The summed E-state index contributed by atoms with van der Waals surface area (Å²) in [5.74, 6) is 0.796. The fourth-order valence-electron chi connectivity index (χ4n) is 2.68. The van der Waals surface area contributed by atoms with Crippen LogP contribution in [-0.2, 0) is 7.05 Å². The first kappa shape index (κ1) is 17.9. The van der Waals surface area contributed by atoms with Gasteiger partial charge in [0.25, 0.3) is 0 Å². The number of methoxy groups -OCH3 is 1. The number of aryl methyl sites for hydroxylation is 1. The second-order valence-electron chi connectivity index (χ2n) is 5.56. The van der Waals surface area contributed by atoms with Gasteiger partial charge in [-0.1, -0.05) is 34.8 Å². The molecule has 0 saturated heterocycles. The van der Waals surface area contributed by atoms with E-state index >= 15 is 0 Å². The monoisotopic (exact) mass is 395 g/mol. The highest BCUT2D eigenvalue weighted by atomic mass is 35.5. The fraction of sp³-hybridized carbons (Fsp3) is 0.167. The molecule has 1 N–H and O–H groups in total. The molecule has 0 spiro atoms. The molecule has 3 aromatic rings.